The highest BCUT2D eigenvalue weighted by Gasteiger charge is 2.21. The molecule has 5 heteroatoms. The van der Waals surface area contributed by atoms with Crippen LogP contribution in [-0.4, -0.2) is 18.0 Å². The summed E-state index contributed by atoms with van der Waals surface area (Å²) in [4.78, 5) is 24.8. The highest BCUT2D eigenvalue weighted by atomic mass is 32.1. The molecule has 122 valence electrons. The lowest BCUT2D eigenvalue weighted by Gasteiger charge is -2.18. The van der Waals surface area contributed by atoms with Gasteiger partial charge >= 0.3 is 5.97 Å². The Morgan fingerprint density at radius 2 is 1.87 bits per heavy atom. The van der Waals surface area contributed by atoms with E-state index in [1.54, 1.807) is 24.4 Å². The van der Waals surface area contributed by atoms with E-state index < -0.39 is 12.1 Å². The summed E-state index contributed by atoms with van der Waals surface area (Å²) in [6.07, 6.45) is -0.857. The summed E-state index contributed by atoms with van der Waals surface area (Å²) >= 11 is 1.29. The Morgan fingerprint density at radius 1 is 1.13 bits per heavy atom. The number of anilines is 1. The van der Waals surface area contributed by atoms with Crippen LogP contribution in [0, 0.1) is 6.92 Å². The van der Waals surface area contributed by atoms with E-state index in [0.717, 1.165) is 16.8 Å². The zero-order valence-corrected chi connectivity index (χ0v) is 14.6. The summed E-state index contributed by atoms with van der Waals surface area (Å²) in [6, 6.07) is 9.37. The van der Waals surface area contributed by atoms with Crippen molar-refractivity contribution in [1.82, 2.24) is 0 Å². The van der Waals surface area contributed by atoms with Crippen molar-refractivity contribution >= 4 is 28.9 Å². The Bertz CT molecular complexity index is 692. The van der Waals surface area contributed by atoms with Crippen LogP contribution < -0.4 is 5.32 Å². The van der Waals surface area contributed by atoms with Gasteiger partial charge in [0.15, 0.2) is 6.10 Å². The molecule has 1 aromatic carbocycles. The van der Waals surface area contributed by atoms with E-state index >= 15 is 0 Å². The molecule has 1 heterocycles. The molecule has 1 N–H and O–H groups in total. The number of carbonyl (C=O) groups excluding carboxylic acids is 2. The maximum absolute atomic E-state index is 12.4. The zero-order chi connectivity index (χ0) is 17.0. The van der Waals surface area contributed by atoms with Gasteiger partial charge in [-0.05, 0) is 42.3 Å². The Labute approximate surface area is 140 Å². The molecular formula is C18H21NO3S. The number of rotatable bonds is 5. The van der Waals surface area contributed by atoms with Crippen molar-refractivity contribution in [2.45, 2.75) is 39.7 Å². The average Bonchev–Trinajstić information content (AvgIpc) is 3.03. The predicted octanol–water partition coefficient (Wildman–Crippen LogP) is 4.36. The van der Waals surface area contributed by atoms with Crippen molar-refractivity contribution in [1.29, 1.82) is 0 Å². The Kier molecular flexibility index (Phi) is 5.55. The van der Waals surface area contributed by atoms with Crippen LogP contribution >= 0.6 is 11.3 Å². The summed E-state index contributed by atoms with van der Waals surface area (Å²) < 4.78 is 5.23. The average molecular weight is 331 g/mol. The number of amides is 1. The molecule has 0 aliphatic carbocycles. The third kappa shape index (κ3) is 4.20. The van der Waals surface area contributed by atoms with Gasteiger partial charge in [-0.15, -0.1) is 11.3 Å². The van der Waals surface area contributed by atoms with Crippen LogP contribution in [0.2, 0.25) is 0 Å². The fourth-order valence-electron chi connectivity index (χ4n) is 2.23. The third-order valence-corrected chi connectivity index (χ3v) is 4.40. The lowest BCUT2D eigenvalue weighted by atomic mass is 9.98. The molecule has 4 nitrogen and oxygen atoms in total. The van der Waals surface area contributed by atoms with Crippen molar-refractivity contribution in [3.63, 3.8) is 0 Å². The number of aryl methyl sites for hydroxylation is 1. The van der Waals surface area contributed by atoms with Crippen LogP contribution in [0.4, 0.5) is 5.69 Å². The molecule has 0 radical (unpaired) electrons. The molecule has 1 atom stereocenters. The lowest BCUT2D eigenvalue weighted by Crippen LogP contribution is -2.30. The Hall–Kier alpha value is -2.14. The molecule has 1 aromatic heterocycles. The van der Waals surface area contributed by atoms with E-state index in [1.165, 1.54) is 11.3 Å². The number of thiophene rings is 1. The van der Waals surface area contributed by atoms with Crippen LogP contribution in [0.5, 0.6) is 0 Å². The van der Waals surface area contributed by atoms with Gasteiger partial charge in [0, 0.05) is 5.69 Å². The van der Waals surface area contributed by atoms with Crippen LogP contribution in [0.25, 0.3) is 0 Å². The summed E-state index contributed by atoms with van der Waals surface area (Å²) in [5.74, 6) is -0.517. The van der Waals surface area contributed by atoms with E-state index in [4.69, 9.17) is 4.74 Å². The third-order valence-electron chi connectivity index (χ3n) is 3.55. The van der Waals surface area contributed by atoms with Crippen molar-refractivity contribution in [3.8, 4) is 0 Å². The number of hydrogen-bond acceptors (Lipinski definition) is 4. The van der Waals surface area contributed by atoms with Gasteiger partial charge in [0.25, 0.3) is 5.91 Å². The van der Waals surface area contributed by atoms with Gasteiger partial charge in [-0.2, -0.15) is 0 Å². The van der Waals surface area contributed by atoms with Crippen molar-refractivity contribution in [2.75, 3.05) is 5.32 Å². The highest BCUT2D eigenvalue weighted by molar-refractivity contribution is 7.11. The molecule has 0 bridgehead atoms. The summed E-state index contributed by atoms with van der Waals surface area (Å²) in [5.41, 5.74) is 2.85. The van der Waals surface area contributed by atoms with E-state index in [9.17, 15) is 9.59 Å². The van der Waals surface area contributed by atoms with E-state index in [-0.39, 0.29) is 11.8 Å². The first-order valence-electron chi connectivity index (χ1n) is 7.55. The monoisotopic (exact) mass is 331 g/mol. The van der Waals surface area contributed by atoms with Crippen LogP contribution in [0.15, 0.2) is 35.7 Å². The SMILES string of the molecule is Cc1cccc(C(C)C)c1NC(=O)[C@@H](C)OC(=O)c1cccs1. The fraction of sp³-hybridized carbons (Fsp3) is 0.333. The molecule has 0 saturated carbocycles. The number of benzene rings is 1. The Balaban J connectivity index is 2.08. The molecule has 0 saturated heterocycles. The van der Waals surface area contributed by atoms with Gasteiger partial charge in [0.05, 0.1) is 0 Å². The van der Waals surface area contributed by atoms with E-state index in [2.05, 4.69) is 19.2 Å². The number of esters is 1. The van der Waals surface area contributed by atoms with Gasteiger partial charge in [-0.3, -0.25) is 4.79 Å². The first kappa shape index (κ1) is 17.2. The topological polar surface area (TPSA) is 55.4 Å². The molecule has 0 unspecified atom stereocenters. The van der Waals surface area contributed by atoms with Crippen LogP contribution in [0.1, 0.15) is 47.5 Å². The second-order valence-electron chi connectivity index (χ2n) is 5.71. The van der Waals surface area contributed by atoms with Gasteiger partial charge in [-0.25, -0.2) is 4.79 Å². The fourth-order valence-corrected chi connectivity index (χ4v) is 2.84. The van der Waals surface area contributed by atoms with Crippen LogP contribution in [-0.2, 0) is 9.53 Å². The number of carbonyl (C=O) groups is 2. The molecule has 2 aromatic rings. The van der Waals surface area contributed by atoms with Gasteiger partial charge in [0.1, 0.15) is 4.88 Å². The molecule has 0 aliphatic heterocycles. The first-order chi connectivity index (χ1) is 10.9. The molecule has 2 rings (SSSR count). The molecular weight excluding hydrogens is 310 g/mol. The predicted molar refractivity (Wildman–Crippen MR) is 93.1 cm³/mol. The maximum Gasteiger partial charge on any atom is 0.349 e. The molecule has 0 aliphatic rings. The number of ether oxygens (including phenoxy) is 1. The smallest absolute Gasteiger partial charge is 0.349 e. The summed E-state index contributed by atoms with van der Waals surface area (Å²) in [5, 5.41) is 4.69. The normalized spacial score (nSPS) is 12.0. The largest absolute Gasteiger partial charge is 0.448 e. The molecule has 1 amide bonds. The molecule has 23 heavy (non-hydrogen) atoms. The molecule has 0 fully saturated rings. The van der Waals surface area contributed by atoms with E-state index in [0.29, 0.717) is 4.88 Å². The minimum atomic E-state index is -0.857. The zero-order valence-electron chi connectivity index (χ0n) is 13.8. The Morgan fingerprint density at radius 3 is 2.48 bits per heavy atom. The minimum Gasteiger partial charge on any atom is -0.448 e. The summed E-state index contributed by atoms with van der Waals surface area (Å²) in [6.45, 7) is 7.67. The van der Waals surface area contributed by atoms with E-state index in [1.807, 2.05) is 25.1 Å². The van der Waals surface area contributed by atoms with Crippen molar-refractivity contribution in [2.24, 2.45) is 0 Å². The quantitative estimate of drug-likeness (QED) is 0.828. The van der Waals surface area contributed by atoms with Crippen molar-refractivity contribution < 1.29 is 14.3 Å². The molecule has 0 spiro atoms. The second kappa shape index (κ2) is 7.42. The first-order valence-corrected chi connectivity index (χ1v) is 8.43. The second-order valence-corrected chi connectivity index (χ2v) is 6.66. The highest BCUT2D eigenvalue weighted by Crippen LogP contribution is 2.27. The van der Waals surface area contributed by atoms with Crippen LogP contribution in [0.3, 0.4) is 0 Å². The number of nitrogens with one attached hydrogen (secondary N) is 1. The number of hydrogen-bond donors (Lipinski definition) is 1. The van der Waals surface area contributed by atoms with Gasteiger partial charge in [0.2, 0.25) is 0 Å². The summed E-state index contributed by atoms with van der Waals surface area (Å²) in [7, 11) is 0. The van der Waals surface area contributed by atoms with Gasteiger partial charge < -0.3 is 10.1 Å². The lowest BCUT2D eigenvalue weighted by molar-refractivity contribution is -0.123. The number of para-hydroxylation sites is 1. The maximum atomic E-state index is 12.4. The standard InChI is InChI=1S/C18H21NO3S/c1-11(2)14-8-5-7-12(3)16(14)19-17(20)13(4)22-18(21)15-9-6-10-23-15/h5-11,13H,1-4H3,(H,19,20)/t13-/m1/s1. The van der Waals surface area contributed by atoms with Gasteiger partial charge in [-0.1, -0.05) is 38.1 Å². The van der Waals surface area contributed by atoms with Crippen molar-refractivity contribution in [3.05, 3.63) is 51.7 Å². The minimum absolute atomic E-state index is 0.286.